The van der Waals surface area contributed by atoms with Crippen molar-refractivity contribution in [2.24, 2.45) is 0 Å². The molecule has 0 bridgehead atoms. The highest BCUT2D eigenvalue weighted by atomic mass is 16.5. The molecule has 6 heteroatoms. The lowest BCUT2D eigenvalue weighted by Crippen LogP contribution is -2.29. The van der Waals surface area contributed by atoms with Gasteiger partial charge in [-0.2, -0.15) is 0 Å². The van der Waals surface area contributed by atoms with Crippen LogP contribution in [0.5, 0.6) is 5.75 Å². The van der Waals surface area contributed by atoms with Crippen LogP contribution in [0.1, 0.15) is 28.3 Å². The van der Waals surface area contributed by atoms with Gasteiger partial charge in [-0.1, -0.05) is 35.5 Å². The number of likely N-dealkylation sites (tertiary alicyclic amines) is 1. The van der Waals surface area contributed by atoms with E-state index in [1.807, 2.05) is 47.4 Å². The van der Waals surface area contributed by atoms with Crippen molar-refractivity contribution in [2.75, 3.05) is 20.2 Å². The highest BCUT2D eigenvalue weighted by Gasteiger charge is 2.30. The van der Waals surface area contributed by atoms with Gasteiger partial charge in [0.2, 0.25) is 0 Å². The van der Waals surface area contributed by atoms with Gasteiger partial charge in [-0.15, -0.1) is 5.10 Å². The molecule has 6 nitrogen and oxygen atoms in total. The minimum atomic E-state index is 0.0218. The first-order valence-electron chi connectivity index (χ1n) is 8.66. The van der Waals surface area contributed by atoms with E-state index in [0.717, 1.165) is 30.0 Å². The van der Waals surface area contributed by atoms with Crippen molar-refractivity contribution in [3.05, 3.63) is 72.1 Å². The number of hydrogen-bond donors (Lipinski definition) is 0. The monoisotopic (exact) mass is 348 g/mol. The van der Waals surface area contributed by atoms with Crippen molar-refractivity contribution in [3.8, 4) is 11.4 Å². The summed E-state index contributed by atoms with van der Waals surface area (Å²) in [6.45, 7) is 1.41. The summed E-state index contributed by atoms with van der Waals surface area (Å²) in [4.78, 5) is 15.0. The molecule has 1 aliphatic rings. The summed E-state index contributed by atoms with van der Waals surface area (Å²) in [6.07, 6.45) is 4.28. The van der Waals surface area contributed by atoms with Crippen molar-refractivity contribution < 1.29 is 9.53 Å². The molecule has 0 aliphatic carbocycles. The third-order valence-corrected chi connectivity index (χ3v) is 4.86. The Bertz CT molecular complexity index is 908. The van der Waals surface area contributed by atoms with Crippen LogP contribution in [0.4, 0.5) is 0 Å². The second-order valence-electron chi connectivity index (χ2n) is 6.34. The Labute approximate surface area is 152 Å². The SMILES string of the molecule is COc1ccccc1[C@H]1CCN(C(=O)c2ccccc2-n2ccnn2)C1. The number of carbonyl (C=O) groups excluding carboxylic acids is 1. The van der Waals surface area contributed by atoms with Crippen LogP contribution in [0.15, 0.2) is 60.9 Å². The summed E-state index contributed by atoms with van der Waals surface area (Å²) >= 11 is 0. The predicted molar refractivity (Wildman–Crippen MR) is 97.6 cm³/mol. The average Bonchev–Trinajstić information content (AvgIpc) is 3.39. The molecular formula is C20H20N4O2. The minimum Gasteiger partial charge on any atom is -0.496 e. The van der Waals surface area contributed by atoms with Gasteiger partial charge < -0.3 is 9.64 Å². The third-order valence-electron chi connectivity index (χ3n) is 4.86. The summed E-state index contributed by atoms with van der Waals surface area (Å²) in [5, 5.41) is 7.86. The summed E-state index contributed by atoms with van der Waals surface area (Å²) in [6, 6.07) is 15.5. The molecule has 1 aromatic heterocycles. The van der Waals surface area contributed by atoms with E-state index in [1.54, 1.807) is 24.2 Å². The van der Waals surface area contributed by atoms with Crippen LogP contribution in [0.3, 0.4) is 0 Å². The average molecular weight is 348 g/mol. The number of amides is 1. The Kier molecular flexibility index (Phi) is 4.39. The van der Waals surface area contributed by atoms with Crippen LogP contribution < -0.4 is 4.74 Å². The molecule has 132 valence electrons. The number of methoxy groups -OCH3 is 1. The number of nitrogens with zero attached hydrogens (tertiary/aromatic N) is 4. The maximum atomic E-state index is 13.1. The van der Waals surface area contributed by atoms with Gasteiger partial charge in [-0.05, 0) is 30.2 Å². The van der Waals surface area contributed by atoms with Gasteiger partial charge >= 0.3 is 0 Å². The van der Waals surface area contributed by atoms with Gasteiger partial charge in [0.1, 0.15) is 5.75 Å². The molecule has 1 aliphatic heterocycles. The van der Waals surface area contributed by atoms with Gasteiger partial charge in [0.25, 0.3) is 5.91 Å². The van der Waals surface area contributed by atoms with Crippen molar-refractivity contribution in [1.29, 1.82) is 0 Å². The van der Waals surface area contributed by atoms with Crippen molar-refractivity contribution in [3.63, 3.8) is 0 Å². The first-order valence-corrected chi connectivity index (χ1v) is 8.66. The maximum Gasteiger partial charge on any atom is 0.256 e. The van der Waals surface area contributed by atoms with E-state index < -0.39 is 0 Å². The highest BCUT2D eigenvalue weighted by molar-refractivity contribution is 5.98. The predicted octanol–water partition coefficient (Wildman–Crippen LogP) is 2.91. The standard InChI is InChI=1S/C20H20N4O2/c1-26-19-9-5-3-6-16(19)15-10-12-23(14-15)20(25)17-7-2-4-8-18(17)24-13-11-21-22-24/h2-9,11,13,15H,10,12,14H2,1H3/t15-/m0/s1. The van der Waals surface area contributed by atoms with Crippen molar-refractivity contribution >= 4 is 5.91 Å². The number of benzene rings is 2. The first-order chi connectivity index (χ1) is 12.8. The van der Waals surface area contributed by atoms with Crippen LogP contribution in [0.25, 0.3) is 5.69 Å². The summed E-state index contributed by atoms with van der Waals surface area (Å²) < 4.78 is 7.11. The minimum absolute atomic E-state index is 0.0218. The van der Waals surface area contributed by atoms with Crippen LogP contribution in [0, 0.1) is 0 Å². The van der Waals surface area contributed by atoms with Gasteiger partial charge in [0.15, 0.2) is 0 Å². The molecule has 0 spiro atoms. The zero-order chi connectivity index (χ0) is 17.9. The topological polar surface area (TPSA) is 60.2 Å². The number of hydrogen-bond acceptors (Lipinski definition) is 4. The van der Waals surface area contributed by atoms with Crippen molar-refractivity contribution in [1.82, 2.24) is 19.9 Å². The number of aromatic nitrogens is 3. The van der Waals surface area contributed by atoms with E-state index in [0.29, 0.717) is 12.1 Å². The lowest BCUT2D eigenvalue weighted by atomic mass is 9.97. The number of rotatable bonds is 4. The smallest absolute Gasteiger partial charge is 0.256 e. The molecule has 0 saturated carbocycles. The fourth-order valence-corrected chi connectivity index (χ4v) is 3.56. The Morgan fingerprint density at radius 1 is 1.15 bits per heavy atom. The molecule has 2 heterocycles. The molecule has 4 rings (SSSR count). The van der Waals surface area contributed by atoms with Gasteiger partial charge in [-0.25, -0.2) is 4.68 Å². The molecule has 1 fully saturated rings. The van der Waals surface area contributed by atoms with E-state index in [-0.39, 0.29) is 11.8 Å². The van der Waals surface area contributed by atoms with E-state index >= 15 is 0 Å². The molecule has 2 aromatic carbocycles. The van der Waals surface area contributed by atoms with Crippen molar-refractivity contribution in [2.45, 2.75) is 12.3 Å². The van der Waals surface area contributed by atoms with Crippen LogP contribution in [0.2, 0.25) is 0 Å². The quantitative estimate of drug-likeness (QED) is 0.727. The van der Waals surface area contributed by atoms with Gasteiger partial charge in [0.05, 0.1) is 30.8 Å². The normalized spacial score (nSPS) is 16.7. The fraction of sp³-hybridized carbons (Fsp3) is 0.250. The maximum absolute atomic E-state index is 13.1. The summed E-state index contributed by atoms with van der Waals surface area (Å²) in [7, 11) is 1.69. The second-order valence-corrected chi connectivity index (χ2v) is 6.34. The van der Waals surface area contributed by atoms with Crippen LogP contribution >= 0.6 is 0 Å². The Morgan fingerprint density at radius 2 is 1.96 bits per heavy atom. The van der Waals surface area contributed by atoms with Gasteiger partial charge in [0, 0.05) is 19.0 Å². The summed E-state index contributed by atoms with van der Waals surface area (Å²) in [5.74, 6) is 1.19. The molecule has 1 saturated heterocycles. The van der Waals surface area contributed by atoms with Crippen LogP contribution in [-0.2, 0) is 0 Å². The second kappa shape index (κ2) is 7.00. The van der Waals surface area contributed by atoms with E-state index in [4.69, 9.17) is 4.74 Å². The fourth-order valence-electron chi connectivity index (χ4n) is 3.56. The molecule has 0 N–H and O–H groups in total. The van der Waals surface area contributed by atoms with E-state index in [9.17, 15) is 4.79 Å². The summed E-state index contributed by atoms with van der Waals surface area (Å²) in [5.41, 5.74) is 2.55. The largest absolute Gasteiger partial charge is 0.496 e. The molecule has 26 heavy (non-hydrogen) atoms. The molecular weight excluding hydrogens is 328 g/mol. The zero-order valence-corrected chi connectivity index (χ0v) is 14.6. The first kappa shape index (κ1) is 16.3. The number of carbonyl (C=O) groups is 1. The Balaban J connectivity index is 1.58. The molecule has 0 unspecified atom stereocenters. The molecule has 3 aromatic rings. The lowest BCUT2D eigenvalue weighted by Gasteiger charge is -2.19. The van der Waals surface area contributed by atoms with E-state index in [2.05, 4.69) is 16.4 Å². The van der Waals surface area contributed by atoms with Crippen LogP contribution in [-0.4, -0.2) is 46.0 Å². The third kappa shape index (κ3) is 2.94. The Morgan fingerprint density at radius 3 is 2.77 bits per heavy atom. The molecule has 0 radical (unpaired) electrons. The number of ether oxygens (including phenoxy) is 1. The highest BCUT2D eigenvalue weighted by Crippen LogP contribution is 2.34. The lowest BCUT2D eigenvalue weighted by molar-refractivity contribution is 0.0790. The molecule has 1 amide bonds. The Hall–Kier alpha value is -3.15. The molecule has 1 atom stereocenters. The van der Waals surface area contributed by atoms with E-state index in [1.165, 1.54) is 0 Å². The zero-order valence-electron chi connectivity index (χ0n) is 14.6. The van der Waals surface area contributed by atoms with Gasteiger partial charge in [-0.3, -0.25) is 4.79 Å². The number of para-hydroxylation sites is 2.